The van der Waals surface area contributed by atoms with E-state index in [1.807, 2.05) is 42.5 Å². The minimum absolute atomic E-state index is 0.250. The Bertz CT molecular complexity index is 1210. The van der Waals surface area contributed by atoms with Gasteiger partial charge >= 0.3 is 0 Å². The summed E-state index contributed by atoms with van der Waals surface area (Å²) in [7, 11) is 1.51. The maximum atomic E-state index is 14.2. The Kier molecular flexibility index (Phi) is 4.78. The van der Waals surface area contributed by atoms with Gasteiger partial charge in [-0.25, -0.2) is 8.78 Å². The Labute approximate surface area is 162 Å². The number of ether oxygens (including phenoxy) is 1. The first-order valence-electron chi connectivity index (χ1n) is 8.78. The van der Waals surface area contributed by atoms with Crippen LogP contribution >= 0.6 is 0 Å². The Morgan fingerprint density at radius 2 is 1.36 bits per heavy atom. The lowest BCUT2D eigenvalue weighted by Gasteiger charge is -2.06. The summed E-state index contributed by atoms with van der Waals surface area (Å²) in [5.74, 6) is 6.14. The van der Waals surface area contributed by atoms with Gasteiger partial charge in [-0.15, -0.1) is 0 Å². The zero-order valence-electron chi connectivity index (χ0n) is 15.2. The molecule has 0 saturated heterocycles. The third kappa shape index (κ3) is 3.72. The maximum absolute atomic E-state index is 14.2. The van der Waals surface area contributed by atoms with Gasteiger partial charge in [-0.2, -0.15) is 0 Å². The predicted octanol–water partition coefficient (Wildman–Crippen LogP) is 6.19. The molecule has 0 aliphatic heterocycles. The largest absolute Gasteiger partial charge is 0.497 e. The molecule has 0 radical (unpaired) electrons. The first-order valence-corrected chi connectivity index (χ1v) is 8.78. The maximum Gasteiger partial charge on any atom is 0.134 e. The Hall–Kier alpha value is -3.64. The number of hydrogen-bond donors (Lipinski definition) is 0. The van der Waals surface area contributed by atoms with E-state index in [1.54, 1.807) is 18.2 Å². The molecule has 0 fully saturated rings. The van der Waals surface area contributed by atoms with Crippen LogP contribution in [0.4, 0.5) is 8.78 Å². The Morgan fingerprint density at radius 1 is 0.679 bits per heavy atom. The summed E-state index contributed by atoms with van der Waals surface area (Å²) < 4.78 is 32.5. The lowest BCUT2D eigenvalue weighted by Crippen LogP contribution is -1.88. The zero-order valence-corrected chi connectivity index (χ0v) is 15.2. The molecule has 1 nitrogen and oxygen atoms in total. The SMILES string of the molecule is COc1ccc(-c2ccc(C#Cc3ccc4cc(F)ccc4c3)cc2)c(F)c1. The highest BCUT2D eigenvalue weighted by molar-refractivity contribution is 5.84. The van der Waals surface area contributed by atoms with Crippen LogP contribution in [-0.4, -0.2) is 7.11 Å². The van der Waals surface area contributed by atoms with Crippen molar-refractivity contribution in [3.63, 3.8) is 0 Å². The number of fused-ring (bicyclic) bond motifs is 1. The number of rotatable bonds is 2. The first kappa shape index (κ1) is 17.8. The molecular formula is C25H16F2O. The van der Waals surface area contributed by atoms with Crippen molar-refractivity contribution in [3.8, 4) is 28.7 Å². The summed E-state index contributed by atoms with van der Waals surface area (Å²) in [5, 5.41) is 1.79. The monoisotopic (exact) mass is 370 g/mol. The average Bonchev–Trinajstić information content (AvgIpc) is 2.72. The van der Waals surface area contributed by atoms with Gasteiger partial charge in [-0.05, 0) is 64.9 Å². The van der Waals surface area contributed by atoms with Crippen molar-refractivity contribution in [2.45, 2.75) is 0 Å². The molecule has 0 aliphatic rings. The number of hydrogen-bond acceptors (Lipinski definition) is 1. The van der Waals surface area contributed by atoms with Gasteiger partial charge in [-0.1, -0.05) is 36.1 Å². The molecule has 0 spiro atoms. The van der Waals surface area contributed by atoms with Gasteiger partial charge in [0.25, 0.3) is 0 Å². The minimum atomic E-state index is -0.328. The van der Waals surface area contributed by atoms with Crippen molar-refractivity contribution in [3.05, 3.63) is 102 Å². The summed E-state index contributed by atoms with van der Waals surface area (Å²) >= 11 is 0. The normalized spacial score (nSPS) is 10.4. The van der Waals surface area contributed by atoms with Gasteiger partial charge in [0.05, 0.1) is 7.11 Å². The van der Waals surface area contributed by atoms with Gasteiger partial charge in [0.1, 0.15) is 17.4 Å². The summed E-state index contributed by atoms with van der Waals surface area (Å²) in [5.41, 5.74) is 2.97. The van der Waals surface area contributed by atoms with Crippen LogP contribution in [0.2, 0.25) is 0 Å². The van der Waals surface area contributed by atoms with Crippen molar-refractivity contribution in [2.24, 2.45) is 0 Å². The van der Waals surface area contributed by atoms with E-state index in [-0.39, 0.29) is 11.6 Å². The van der Waals surface area contributed by atoms with Gasteiger partial charge in [0.15, 0.2) is 0 Å². The van der Waals surface area contributed by atoms with E-state index in [4.69, 9.17) is 4.74 Å². The fraction of sp³-hybridized carbons (Fsp3) is 0.0400. The van der Waals surface area contributed by atoms with Gasteiger partial charge < -0.3 is 4.74 Å². The van der Waals surface area contributed by atoms with Crippen LogP contribution in [0.1, 0.15) is 11.1 Å². The van der Waals surface area contributed by atoms with Crippen LogP contribution in [0.5, 0.6) is 5.75 Å². The molecule has 0 unspecified atom stereocenters. The van der Waals surface area contributed by atoms with Crippen LogP contribution in [0.3, 0.4) is 0 Å². The molecular weight excluding hydrogens is 354 g/mol. The molecule has 3 heteroatoms. The van der Waals surface area contributed by atoms with E-state index < -0.39 is 0 Å². The fourth-order valence-corrected chi connectivity index (χ4v) is 3.03. The minimum Gasteiger partial charge on any atom is -0.497 e. The zero-order chi connectivity index (χ0) is 19.5. The smallest absolute Gasteiger partial charge is 0.134 e. The van der Waals surface area contributed by atoms with E-state index in [2.05, 4.69) is 11.8 Å². The van der Waals surface area contributed by atoms with Crippen molar-refractivity contribution < 1.29 is 13.5 Å². The quantitative estimate of drug-likeness (QED) is 0.382. The highest BCUT2D eigenvalue weighted by Crippen LogP contribution is 2.26. The van der Waals surface area contributed by atoms with Crippen LogP contribution < -0.4 is 4.74 Å². The second kappa shape index (κ2) is 7.54. The summed E-state index contributed by atoms with van der Waals surface area (Å²) in [6.07, 6.45) is 0. The summed E-state index contributed by atoms with van der Waals surface area (Å²) in [6, 6.07) is 22.6. The molecule has 4 rings (SSSR count). The van der Waals surface area contributed by atoms with Crippen molar-refractivity contribution >= 4 is 10.8 Å². The van der Waals surface area contributed by atoms with Crippen LogP contribution in [0.25, 0.3) is 21.9 Å². The molecule has 4 aromatic rings. The lowest BCUT2D eigenvalue weighted by atomic mass is 10.0. The Balaban J connectivity index is 1.58. The number of benzene rings is 4. The molecule has 0 amide bonds. The lowest BCUT2D eigenvalue weighted by molar-refractivity contribution is 0.411. The molecule has 0 bridgehead atoms. The van der Waals surface area contributed by atoms with E-state index in [0.29, 0.717) is 11.3 Å². The number of halogens is 2. The van der Waals surface area contributed by atoms with Gasteiger partial charge in [-0.3, -0.25) is 0 Å². The molecule has 4 aromatic carbocycles. The molecule has 136 valence electrons. The molecule has 0 atom stereocenters. The molecule has 0 N–H and O–H groups in total. The fourth-order valence-electron chi connectivity index (χ4n) is 3.03. The average molecular weight is 370 g/mol. The van der Waals surface area contributed by atoms with E-state index in [9.17, 15) is 8.78 Å². The third-order valence-electron chi connectivity index (χ3n) is 4.53. The second-order valence-electron chi connectivity index (χ2n) is 6.38. The van der Waals surface area contributed by atoms with Crippen molar-refractivity contribution in [1.29, 1.82) is 0 Å². The highest BCUT2D eigenvalue weighted by Gasteiger charge is 2.06. The molecule has 0 saturated carbocycles. The van der Waals surface area contributed by atoms with E-state index >= 15 is 0 Å². The van der Waals surface area contributed by atoms with Crippen LogP contribution in [0.15, 0.2) is 78.9 Å². The predicted molar refractivity (Wildman–Crippen MR) is 108 cm³/mol. The highest BCUT2D eigenvalue weighted by atomic mass is 19.1. The van der Waals surface area contributed by atoms with Gasteiger partial charge in [0, 0.05) is 22.8 Å². The first-order chi connectivity index (χ1) is 13.6. The van der Waals surface area contributed by atoms with E-state index in [0.717, 1.165) is 27.5 Å². The van der Waals surface area contributed by atoms with Crippen LogP contribution in [0, 0.1) is 23.5 Å². The van der Waals surface area contributed by atoms with Crippen LogP contribution in [-0.2, 0) is 0 Å². The van der Waals surface area contributed by atoms with Gasteiger partial charge in [0.2, 0.25) is 0 Å². The molecule has 0 aliphatic carbocycles. The third-order valence-corrected chi connectivity index (χ3v) is 4.53. The summed E-state index contributed by atoms with van der Waals surface area (Å²) in [4.78, 5) is 0. The standard InChI is InChI=1S/C25H16F2O/c1-28-23-12-13-24(25(27)16-23)19-7-4-17(5-8-19)2-3-18-6-9-21-15-22(26)11-10-20(21)14-18/h4-16H,1H3. The number of methoxy groups -OCH3 is 1. The van der Waals surface area contributed by atoms with Crippen molar-refractivity contribution in [2.75, 3.05) is 7.11 Å². The second-order valence-corrected chi connectivity index (χ2v) is 6.38. The topological polar surface area (TPSA) is 9.23 Å². The molecule has 28 heavy (non-hydrogen) atoms. The Morgan fingerprint density at radius 3 is 2.11 bits per heavy atom. The van der Waals surface area contributed by atoms with E-state index in [1.165, 1.54) is 25.3 Å². The molecule has 0 heterocycles. The van der Waals surface area contributed by atoms with Crippen molar-refractivity contribution in [1.82, 2.24) is 0 Å². The summed E-state index contributed by atoms with van der Waals surface area (Å²) in [6.45, 7) is 0. The molecule has 0 aromatic heterocycles.